The molecule has 3 rings (SSSR count). The second-order valence-electron chi connectivity index (χ2n) is 8.38. The third-order valence-electron chi connectivity index (χ3n) is 5.52. The third-order valence-corrected chi connectivity index (χ3v) is 5.52. The number of aromatic nitrogens is 4. The molecule has 0 bridgehead atoms. The Morgan fingerprint density at radius 1 is 1.36 bits per heavy atom. The second kappa shape index (κ2) is 6.63. The number of hydrogen-bond donors (Lipinski definition) is 0. The molecule has 28 heavy (non-hydrogen) atoms. The maximum Gasteiger partial charge on any atom is 0.408 e. The summed E-state index contributed by atoms with van der Waals surface area (Å²) in [7, 11) is 1.83. The number of alkyl halides is 3. The molecule has 9 heteroatoms. The summed E-state index contributed by atoms with van der Waals surface area (Å²) >= 11 is 0. The van der Waals surface area contributed by atoms with E-state index in [9.17, 15) is 18.0 Å². The van der Waals surface area contributed by atoms with Crippen molar-refractivity contribution in [1.82, 2.24) is 24.5 Å². The van der Waals surface area contributed by atoms with Crippen molar-refractivity contribution in [3.8, 4) is 0 Å². The number of amides is 1. The van der Waals surface area contributed by atoms with Crippen LogP contribution in [0.3, 0.4) is 0 Å². The quantitative estimate of drug-likeness (QED) is 0.793. The van der Waals surface area contributed by atoms with Crippen LogP contribution in [0.25, 0.3) is 0 Å². The Morgan fingerprint density at radius 2 is 2.00 bits per heavy atom. The fourth-order valence-electron chi connectivity index (χ4n) is 4.38. The fourth-order valence-corrected chi connectivity index (χ4v) is 4.38. The minimum Gasteiger partial charge on any atom is -0.334 e. The molecule has 2 aromatic heterocycles. The Bertz CT molecular complexity index is 896. The molecule has 1 aliphatic heterocycles. The van der Waals surface area contributed by atoms with E-state index in [1.807, 2.05) is 13.2 Å². The van der Waals surface area contributed by atoms with Gasteiger partial charge in [0.15, 0.2) is 0 Å². The summed E-state index contributed by atoms with van der Waals surface area (Å²) in [6, 6.07) is -0.109. The molecule has 0 spiro atoms. The van der Waals surface area contributed by atoms with E-state index in [2.05, 4.69) is 24.0 Å². The third kappa shape index (κ3) is 3.54. The van der Waals surface area contributed by atoms with Gasteiger partial charge in [0.25, 0.3) is 0 Å². The van der Waals surface area contributed by atoms with Gasteiger partial charge in [0, 0.05) is 42.0 Å². The highest BCUT2D eigenvalue weighted by Gasteiger charge is 2.50. The number of halogens is 3. The Hall–Kier alpha value is -2.32. The number of hydrogen-bond acceptors (Lipinski definition) is 3. The lowest BCUT2D eigenvalue weighted by Gasteiger charge is -2.54. The van der Waals surface area contributed by atoms with Crippen LogP contribution < -0.4 is 0 Å². The highest BCUT2D eigenvalue weighted by molar-refractivity contribution is 5.85. The lowest BCUT2D eigenvalue weighted by atomic mass is 9.71. The molecule has 2 aromatic rings. The number of likely N-dealkylation sites (tertiary alicyclic amines) is 1. The normalized spacial score (nSPS) is 20.2. The molecule has 1 aliphatic rings. The first-order chi connectivity index (χ1) is 12.8. The summed E-state index contributed by atoms with van der Waals surface area (Å²) in [6.07, 6.45) is -0.705. The van der Waals surface area contributed by atoms with Crippen LogP contribution in [0.2, 0.25) is 0 Å². The fraction of sp³-hybridized carbons (Fsp3) is 0.632. The first kappa shape index (κ1) is 20.4. The molecule has 6 nitrogen and oxygen atoms in total. The minimum absolute atomic E-state index is 0.0943. The van der Waals surface area contributed by atoms with Gasteiger partial charge < -0.3 is 4.90 Å². The van der Waals surface area contributed by atoms with E-state index in [1.54, 1.807) is 36.5 Å². The highest BCUT2D eigenvalue weighted by atomic mass is 19.4. The molecule has 0 aromatic carbocycles. The molecule has 0 saturated carbocycles. The largest absolute Gasteiger partial charge is 0.408 e. The highest BCUT2D eigenvalue weighted by Crippen LogP contribution is 2.49. The summed E-state index contributed by atoms with van der Waals surface area (Å²) in [5, 5.41) is 8.23. The van der Waals surface area contributed by atoms with Crippen LogP contribution in [0.15, 0.2) is 12.4 Å². The molecule has 1 saturated heterocycles. The van der Waals surface area contributed by atoms with Crippen LogP contribution in [-0.4, -0.2) is 43.1 Å². The topological polar surface area (TPSA) is 56.0 Å². The summed E-state index contributed by atoms with van der Waals surface area (Å²) in [6.45, 7) is 8.60. The van der Waals surface area contributed by atoms with Gasteiger partial charge in [0.05, 0.1) is 23.9 Å². The minimum atomic E-state index is -4.36. The summed E-state index contributed by atoms with van der Waals surface area (Å²) in [5.41, 5.74) is 2.28. The first-order valence-electron chi connectivity index (χ1n) is 9.21. The number of carbonyl (C=O) groups excluding carboxylic acids is 1. The van der Waals surface area contributed by atoms with Crippen LogP contribution in [0.5, 0.6) is 0 Å². The van der Waals surface area contributed by atoms with E-state index in [0.717, 1.165) is 10.2 Å². The van der Waals surface area contributed by atoms with Crippen molar-refractivity contribution in [1.29, 1.82) is 0 Å². The van der Waals surface area contributed by atoms with Gasteiger partial charge >= 0.3 is 6.18 Å². The molecular weight excluding hydrogens is 371 g/mol. The zero-order valence-electron chi connectivity index (χ0n) is 17.0. The average Bonchev–Trinajstić information content (AvgIpc) is 3.06. The predicted molar refractivity (Wildman–Crippen MR) is 97.6 cm³/mol. The molecule has 0 N–H and O–H groups in total. The monoisotopic (exact) mass is 397 g/mol. The van der Waals surface area contributed by atoms with E-state index in [-0.39, 0.29) is 17.4 Å². The summed E-state index contributed by atoms with van der Waals surface area (Å²) in [4.78, 5) is 15.0. The molecule has 3 heterocycles. The summed E-state index contributed by atoms with van der Waals surface area (Å²) < 4.78 is 41.0. The van der Waals surface area contributed by atoms with Crippen LogP contribution >= 0.6 is 0 Å². The van der Waals surface area contributed by atoms with E-state index >= 15 is 0 Å². The standard InChI is InChI=1S/C19H26F3N5O/c1-11(15-12(2)24-27(13(15)3)10-19(20,21)22)17(28)26-9-18(4,5)16(26)14-7-23-25(6)8-14/h7-8,11,16H,9-10H2,1-6H3/t11-,16+/m1/s1. The van der Waals surface area contributed by atoms with Crippen LogP contribution in [0, 0.1) is 19.3 Å². The summed E-state index contributed by atoms with van der Waals surface area (Å²) in [5.74, 6) is -0.678. The number of aryl methyl sites for hydroxylation is 2. The van der Waals surface area contributed by atoms with Crippen LogP contribution in [0.4, 0.5) is 13.2 Å². The Balaban J connectivity index is 1.87. The maximum atomic E-state index is 13.2. The van der Waals surface area contributed by atoms with Crippen molar-refractivity contribution in [3.63, 3.8) is 0 Å². The number of nitrogens with zero attached hydrogens (tertiary/aromatic N) is 5. The van der Waals surface area contributed by atoms with Gasteiger partial charge in [-0.3, -0.25) is 14.2 Å². The molecule has 0 aliphatic carbocycles. The Morgan fingerprint density at radius 3 is 2.50 bits per heavy atom. The van der Waals surface area contributed by atoms with Crippen LogP contribution in [-0.2, 0) is 18.4 Å². The molecular formula is C19H26F3N5O. The SMILES string of the molecule is Cc1nn(CC(F)(F)F)c(C)c1[C@@H](C)C(=O)N1CC(C)(C)[C@@H]1c1cnn(C)c1. The zero-order chi connectivity index (χ0) is 21.0. The molecule has 0 radical (unpaired) electrons. The van der Waals surface area contributed by atoms with Gasteiger partial charge in [-0.25, -0.2) is 0 Å². The van der Waals surface area contributed by atoms with Crippen LogP contribution in [0.1, 0.15) is 55.2 Å². The number of rotatable bonds is 4. The van der Waals surface area contributed by atoms with E-state index in [4.69, 9.17) is 0 Å². The van der Waals surface area contributed by atoms with E-state index in [0.29, 0.717) is 23.5 Å². The lowest BCUT2D eigenvalue weighted by Crippen LogP contribution is -2.58. The van der Waals surface area contributed by atoms with Gasteiger partial charge in [0.2, 0.25) is 5.91 Å². The smallest absolute Gasteiger partial charge is 0.334 e. The first-order valence-corrected chi connectivity index (χ1v) is 9.21. The van der Waals surface area contributed by atoms with Gasteiger partial charge in [-0.05, 0) is 20.8 Å². The maximum absolute atomic E-state index is 13.2. The van der Waals surface area contributed by atoms with Gasteiger partial charge in [-0.15, -0.1) is 0 Å². The van der Waals surface area contributed by atoms with E-state index in [1.165, 1.54) is 0 Å². The van der Waals surface area contributed by atoms with Gasteiger partial charge in [-0.2, -0.15) is 23.4 Å². The Kier molecular flexibility index (Phi) is 4.84. The van der Waals surface area contributed by atoms with Gasteiger partial charge in [0.1, 0.15) is 6.54 Å². The van der Waals surface area contributed by atoms with Crippen molar-refractivity contribution in [2.24, 2.45) is 12.5 Å². The molecule has 0 unspecified atom stereocenters. The van der Waals surface area contributed by atoms with Gasteiger partial charge in [-0.1, -0.05) is 13.8 Å². The zero-order valence-corrected chi connectivity index (χ0v) is 17.0. The van der Waals surface area contributed by atoms with Crippen molar-refractivity contribution >= 4 is 5.91 Å². The van der Waals surface area contributed by atoms with Crippen molar-refractivity contribution in [2.45, 2.75) is 59.3 Å². The number of carbonyl (C=O) groups is 1. The van der Waals surface area contributed by atoms with Crippen molar-refractivity contribution in [3.05, 3.63) is 34.9 Å². The predicted octanol–water partition coefficient (Wildman–Crippen LogP) is 3.51. The molecule has 1 amide bonds. The molecule has 154 valence electrons. The average molecular weight is 397 g/mol. The molecule has 2 atom stereocenters. The van der Waals surface area contributed by atoms with Crippen molar-refractivity contribution in [2.75, 3.05) is 6.54 Å². The lowest BCUT2D eigenvalue weighted by molar-refractivity contribution is -0.153. The van der Waals surface area contributed by atoms with E-state index < -0.39 is 18.6 Å². The Labute approximate surface area is 162 Å². The van der Waals surface area contributed by atoms with Crippen molar-refractivity contribution < 1.29 is 18.0 Å². The molecule has 1 fully saturated rings. The second-order valence-corrected chi connectivity index (χ2v) is 8.38.